The van der Waals surface area contributed by atoms with Gasteiger partial charge in [-0.1, -0.05) is 19.2 Å². The molecule has 1 saturated heterocycles. The van der Waals surface area contributed by atoms with Gasteiger partial charge < -0.3 is 16.2 Å². The van der Waals surface area contributed by atoms with Crippen LogP contribution >= 0.6 is 0 Å². The molecule has 1 aliphatic rings. The Morgan fingerprint density at radius 1 is 1.41 bits per heavy atom. The topological polar surface area (TPSA) is 75.4 Å². The van der Waals surface area contributed by atoms with E-state index >= 15 is 0 Å². The predicted molar refractivity (Wildman–Crippen MR) is 69.2 cm³/mol. The molecular formula is C12H23BN2O2. The maximum Gasteiger partial charge on any atom is 0.323 e. The van der Waals surface area contributed by atoms with Crippen LogP contribution in [0.5, 0.6) is 0 Å². The van der Waals surface area contributed by atoms with Gasteiger partial charge in [-0.3, -0.25) is 4.79 Å². The number of aliphatic carboxylic acids is 1. The molecule has 4 N–H and O–H groups in total. The van der Waals surface area contributed by atoms with Crippen LogP contribution in [0.2, 0.25) is 6.32 Å². The van der Waals surface area contributed by atoms with E-state index in [1.165, 1.54) is 0 Å². The van der Waals surface area contributed by atoms with Gasteiger partial charge in [-0.25, -0.2) is 0 Å². The van der Waals surface area contributed by atoms with Crippen molar-refractivity contribution >= 4 is 13.8 Å². The summed E-state index contributed by atoms with van der Waals surface area (Å²) in [5.41, 5.74) is 5.09. The lowest BCUT2D eigenvalue weighted by Gasteiger charge is -2.33. The fourth-order valence-electron chi connectivity index (χ4n) is 2.58. The molecule has 1 fully saturated rings. The highest BCUT2D eigenvalue weighted by Gasteiger charge is 2.41. The van der Waals surface area contributed by atoms with Crippen molar-refractivity contribution in [2.24, 2.45) is 11.7 Å². The van der Waals surface area contributed by atoms with Gasteiger partial charge in [0, 0.05) is 0 Å². The Hall–Kier alpha value is -0.545. The Morgan fingerprint density at radius 2 is 2.18 bits per heavy atom. The van der Waals surface area contributed by atoms with Crippen LogP contribution in [-0.4, -0.2) is 37.6 Å². The second-order valence-corrected chi connectivity index (χ2v) is 4.97. The van der Waals surface area contributed by atoms with Crippen LogP contribution in [0.3, 0.4) is 0 Å². The number of hydrogen-bond donors (Lipinski definition) is 3. The molecule has 0 amide bonds. The Kier molecular flexibility index (Phi) is 5.99. The van der Waals surface area contributed by atoms with E-state index in [1.807, 2.05) is 0 Å². The fraction of sp³-hybridized carbons (Fsp3) is 0.917. The average molecular weight is 238 g/mol. The van der Waals surface area contributed by atoms with Crippen LogP contribution in [0.1, 0.15) is 38.5 Å². The molecule has 0 aromatic carbocycles. The van der Waals surface area contributed by atoms with Crippen molar-refractivity contribution in [2.45, 2.75) is 50.4 Å². The smallest absolute Gasteiger partial charge is 0.323 e. The quantitative estimate of drug-likeness (QED) is 0.475. The predicted octanol–water partition coefficient (Wildman–Crippen LogP) is 0.915. The number of rotatable bonds is 6. The van der Waals surface area contributed by atoms with Crippen molar-refractivity contribution in [3.05, 3.63) is 0 Å². The van der Waals surface area contributed by atoms with E-state index in [-0.39, 0.29) is 5.92 Å². The van der Waals surface area contributed by atoms with E-state index in [2.05, 4.69) is 5.32 Å². The number of carboxylic acid groups (broad SMARTS) is 1. The standard InChI is InChI=1S/C12H23BN2O2/c13-7-2-1-6-12(14,11(16)17)10-4-3-8-15-9-5-10/h10,15H,1-9,14H2,(H,16,17). The molecule has 0 aromatic heterocycles. The largest absolute Gasteiger partial charge is 0.480 e. The van der Waals surface area contributed by atoms with E-state index < -0.39 is 11.5 Å². The lowest BCUT2D eigenvalue weighted by atomic mass is 9.76. The first-order valence-electron chi connectivity index (χ1n) is 6.54. The summed E-state index contributed by atoms with van der Waals surface area (Å²) in [6, 6.07) is 0. The number of nitrogens with two attached hydrogens (primary N) is 1. The highest BCUT2D eigenvalue weighted by molar-refractivity contribution is 6.08. The van der Waals surface area contributed by atoms with Crippen LogP contribution in [0.4, 0.5) is 0 Å². The third kappa shape index (κ3) is 4.00. The minimum atomic E-state index is -1.07. The molecule has 0 bridgehead atoms. The SMILES string of the molecule is [B]CCCCC(N)(C(=O)O)C1CCCNCC1. The van der Waals surface area contributed by atoms with Gasteiger partial charge in [0.2, 0.25) is 0 Å². The second kappa shape index (κ2) is 7.02. The third-order valence-electron chi connectivity index (χ3n) is 3.75. The zero-order valence-corrected chi connectivity index (χ0v) is 10.5. The summed E-state index contributed by atoms with van der Waals surface area (Å²) in [5, 5.41) is 12.7. The summed E-state index contributed by atoms with van der Waals surface area (Å²) in [4.78, 5) is 11.5. The van der Waals surface area contributed by atoms with Gasteiger partial charge in [-0.15, -0.1) is 0 Å². The monoisotopic (exact) mass is 238 g/mol. The average Bonchev–Trinajstić information content (AvgIpc) is 2.57. The number of carbonyl (C=O) groups is 1. The maximum absolute atomic E-state index is 11.5. The Labute approximate surface area is 105 Å². The van der Waals surface area contributed by atoms with Crippen molar-refractivity contribution in [1.29, 1.82) is 0 Å². The molecule has 1 heterocycles. The van der Waals surface area contributed by atoms with Gasteiger partial charge in [0.25, 0.3) is 0 Å². The van der Waals surface area contributed by atoms with Crippen LogP contribution < -0.4 is 11.1 Å². The molecule has 1 aliphatic heterocycles. The van der Waals surface area contributed by atoms with Gasteiger partial charge >= 0.3 is 5.97 Å². The zero-order valence-electron chi connectivity index (χ0n) is 10.5. The Balaban J connectivity index is 2.63. The first kappa shape index (κ1) is 14.5. The van der Waals surface area contributed by atoms with E-state index in [9.17, 15) is 9.90 Å². The van der Waals surface area contributed by atoms with Crippen molar-refractivity contribution in [2.75, 3.05) is 13.1 Å². The summed E-state index contributed by atoms with van der Waals surface area (Å²) in [6.07, 6.45) is 5.53. The molecule has 0 saturated carbocycles. The number of hydrogen-bond acceptors (Lipinski definition) is 3. The summed E-state index contributed by atoms with van der Waals surface area (Å²) >= 11 is 0. The van der Waals surface area contributed by atoms with Crippen molar-refractivity contribution in [3.8, 4) is 0 Å². The van der Waals surface area contributed by atoms with Crippen LogP contribution in [0, 0.1) is 5.92 Å². The lowest BCUT2D eigenvalue weighted by Crippen LogP contribution is -2.54. The number of carboxylic acids is 1. The molecule has 17 heavy (non-hydrogen) atoms. The van der Waals surface area contributed by atoms with Crippen LogP contribution in [0.25, 0.3) is 0 Å². The molecule has 96 valence electrons. The minimum Gasteiger partial charge on any atom is -0.480 e. The van der Waals surface area contributed by atoms with E-state index in [0.29, 0.717) is 12.7 Å². The van der Waals surface area contributed by atoms with Crippen LogP contribution in [0.15, 0.2) is 0 Å². The first-order chi connectivity index (χ1) is 8.11. The Bertz CT molecular complexity index is 243. The Morgan fingerprint density at radius 3 is 2.82 bits per heavy atom. The number of nitrogens with one attached hydrogen (secondary N) is 1. The molecule has 2 atom stereocenters. The molecule has 0 aliphatic carbocycles. The summed E-state index contributed by atoms with van der Waals surface area (Å²) < 4.78 is 0. The lowest BCUT2D eigenvalue weighted by molar-refractivity contribution is -0.146. The number of unbranched alkanes of at least 4 members (excludes halogenated alkanes) is 1. The van der Waals surface area contributed by atoms with Gasteiger partial charge in [0.05, 0.1) is 7.85 Å². The molecule has 4 nitrogen and oxygen atoms in total. The highest BCUT2D eigenvalue weighted by Crippen LogP contribution is 2.29. The molecule has 2 unspecified atom stereocenters. The van der Waals surface area contributed by atoms with Gasteiger partial charge in [-0.2, -0.15) is 0 Å². The van der Waals surface area contributed by atoms with E-state index in [1.54, 1.807) is 0 Å². The highest BCUT2D eigenvalue weighted by atomic mass is 16.4. The molecule has 0 aromatic rings. The summed E-state index contributed by atoms with van der Waals surface area (Å²) in [7, 11) is 5.44. The minimum absolute atomic E-state index is 0.0766. The van der Waals surface area contributed by atoms with Crippen molar-refractivity contribution < 1.29 is 9.90 Å². The third-order valence-corrected chi connectivity index (χ3v) is 3.75. The van der Waals surface area contributed by atoms with Crippen LogP contribution in [-0.2, 0) is 4.79 Å². The molecule has 2 radical (unpaired) electrons. The van der Waals surface area contributed by atoms with Crippen molar-refractivity contribution in [3.63, 3.8) is 0 Å². The summed E-state index contributed by atoms with van der Waals surface area (Å²) in [6.45, 7) is 1.84. The molecule has 0 spiro atoms. The van der Waals surface area contributed by atoms with Crippen molar-refractivity contribution in [1.82, 2.24) is 5.32 Å². The maximum atomic E-state index is 11.5. The molecular weight excluding hydrogens is 215 g/mol. The van der Waals surface area contributed by atoms with E-state index in [4.69, 9.17) is 13.6 Å². The van der Waals surface area contributed by atoms with E-state index in [0.717, 1.165) is 45.2 Å². The van der Waals surface area contributed by atoms with Gasteiger partial charge in [-0.05, 0) is 44.7 Å². The van der Waals surface area contributed by atoms with Gasteiger partial charge in [0.1, 0.15) is 5.54 Å². The fourth-order valence-corrected chi connectivity index (χ4v) is 2.58. The molecule has 5 heteroatoms. The molecule has 1 rings (SSSR count). The summed E-state index contributed by atoms with van der Waals surface area (Å²) in [5.74, 6) is -0.783. The zero-order chi connectivity index (χ0) is 12.7. The normalized spacial score (nSPS) is 24.9. The van der Waals surface area contributed by atoms with Gasteiger partial charge in [0.15, 0.2) is 0 Å². The first-order valence-corrected chi connectivity index (χ1v) is 6.54. The second-order valence-electron chi connectivity index (χ2n) is 4.97.